The summed E-state index contributed by atoms with van der Waals surface area (Å²) in [5.41, 5.74) is 4.33. The number of ether oxygens (including phenoxy) is 2. The van der Waals surface area contributed by atoms with Gasteiger partial charge in [-0.05, 0) is 72.7 Å². The first-order valence-corrected chi connectivity index (χ1v) is 11.6. The Morgan fingerprint density at radius 3 is 2.61 bits per heavy atom. The van der Waals surface area contributed by atoms with Crippen molar-refractivity contribution in [2.24, 2.45) is 0 Å². The van der Waals surface area contributed by atoms with Gasteiger partial charge in [0, 0.05) is 18.5 Å². The van der Waals surface area contributed by atoms with E-state index in [0.717, 1.165) is 34.0 Å². The summed E-state index contributed by atoms with van der Waals surface area (Å²) in [6, 6.07) is 28.6. The van der Waals surface area contributed by atoms with E-state index in [2.05, 4.69) is 10.3 Å². The van der Waals surface area contributed by atoms with E-state index < -0.39 is 0 Å². The number of benzene rings is 3. The van der Waals surface area contributed by atoms with Gasteiger partial charge in [0.1, 0.15) is 23.8 Å². The van der Waals surface area contributed by atoms with Gasteiger partial charge < -0.3 is 19.2 Å². The molecular weight excluding hydrogens is 450 g/mol. The van der Waals surface area contributed by atoms with Crippen molar-refractivity contribution in [2.45, 2.75) is 13.5 Å². The number of nitrogens with zero attached hydrogens (tertiary/aromatic N) is 2. The predicted octanol–water partition coefficient (Wildman–Crippen LogP) is 6.67. The van der Waals surface area contributed by atoms with Gasteiger partial charge in [-0.15, -0.1) is 0 Å². The lowest BCUT2D eigenvalue weighted by atomic mass is 10.2. The molecule has 0 unspecified atom stereocenters. The van der Waals surface area contributed by atoms with Gasteiger partial charge in [-0.1, -0.05) is 42.5 Å². The average molecular weight is 476 g/mol. The summed E-state index contributed by atoms with van der Waals surface area (Å²) in [6.45, 7) is 2.38. The molecule has 0 radical (unpaired) electrons. The summed E-state index contributed by atoms with van der Waals surface area (Å²) in [5, 5.41) is 2.89. The second kappa shape index (κ2) is 10.6. The van der Waals surface area contributed by atoms with Crippen LogP contribution in [0.1, 0.15) is 16.8 Å². The molecule has 0 fully saturated rings. The second-order valence-electron chi connectivity index (χ2n) is 8.29. The molecule has 0 atom stereocenters. The quantitative estimate of drug-likeness (QED) is 0.255. The van der Waals surface area contributed by atoms with E-state index in [1.165, 1.54) is 6.08 Å². The average Bonchev–Trinajstić information content (AvgIpc) is 3.31. The van der Waals surface area contributed by atoms with Gasteiger partial charge in [0.15, 0.2) is 5.75 Å². The van der Waals surface area contributed by atoms with Gasteiger partial charge in [0.25, 0.3) is 0 Å². The number of imidazole rings is 1. The number of carbonyl (C=O) groups is 1. The first-order valence-electron chi connectivity index (χ1n) is 11.6. The van der Waals surface area contributed by atoms with Crippen LogP contribution in [0.5, 0.6) is 17.2 Å². The highest BCUT2D eigenvalue weighted by Crippen LogP contribution is 2.29. The molecule has 0 spiro atoms. The Hall–Kier alpha value is -4.84. The fraction of sp³-hybridized carbons (Fsp3) is 0.0667. The van der Waals surface area contributed by atoms with Gasteiger partial charge in [-0.25, -0.2) is 4.98 Å². The third-order valence-electron chi connectivity index (χ3n) is 5.47. The standard InChI is InChI=1S/C30H25N3O3/c1-22-7-6-8-26(19-22)36-28-10-3-2-9-27(28)32-30(34)17-14-23-12-15-25(16-13-23)35-21-24-20-33-18-5-4-11-29(33)31-24/h2-20H,21H2,1H3,(H,32,34). The molecule has 1 amide bonds. The van der Waals surface area contributed by atoms with Gasteiger partial charge >= 0.3 is 0 Å². The van der Waals surface area contributed by atoms with Crippen LogP contribution >= 0.6 is 0 Å². The second-order valence-corrected chi connectivity index (χ2v) is 8.29. The highest BCUT2D eigenvalue weighted by Gasteiger charge is 2.07. The van der Waals surface area contributed by atoms with Crippen LogP contribution in [-0.2, 0) is 11.4 Å². The van der Waals surface area contributed by atoms with Crippen molar-refractivity contribution < 1.29 is 14.3 Å². The van der Waals surface area contributed by atoms with Crippen LogP contribution < -0.4 is 14.8 Å². The Kier molecular flexibility index (Phi) is 6.76. The lowest BCUT2D eigenvalue weighted by molar-refractivity contribution is -0.111. The van der Waals surface area contributed by atoms with Crippen LogP contribution in [0.4, 0.5) is 5.69 Å². The molecule has 5 rings (SSSR count). The van der Waals surface area contributed by atoms with Crippen LogP contribution in [0.25, 0.3) is 11.7 Å². The Morgan fingerprint density at radius 1 is 0.944 bits per heavy atom. The number of nitrogens with one attached hydrogen (secondary N) is 1. The zero-order chi connectivity index (χ0) is 24.7. The summed E-state index contributed by atoms with van der Waals surface area (Å²) in [7, 11) is 0. The molecule has 0 bridgehead atoms. The van der Waals surface area contributed by atoms with E-state index in [4.69, 9.17) is 9.47 Å². The first kappa shape index (κ1) is 22.9. The molecule has 5 aromatic rings. The third-order valence-corrected chi connectivity index (χ3v) is 5.47. The van der Waals surface area contributed by atoms with Crippen molar-refractivity contribution in [3.63, 3.8) is 0 Å². The smallest absolute Gasteiger partial charge is 0.248 e. The molecule has 3 aromatic carbocycles. The number of amides is 1. The van der Waals surface area contributed by atoms with E-state index in [1.807, 2.05) is 115 Å². The zero-order valence-corrected chi connectivity index (χ0v) is 19.8. The SMILES string of the molecule is Cc1cccc(Oc2ccccc2NC(=O)C=Cc2ccc(OCc3cn4ccccc4n3)cc2)c1. The van der Waals surface area contributed by atoms with E-state index >= 15 is 0 Å². The minimum Gasteiger partial charge on any atom is -0.487 e. The minimum absolute atomic E-state index is 0.248. The maximum Gasteiger partial charge on any atom is 0.248 e. The Labute approximate surface area is 209 Å². The summed E-state index contributed by atoms with van der Waals surface area (Å²) >= 11 is 0. The number of carbonyl (C=O) groups excluding carboxylic acids is 1. The predicted molar refractivity (Wildman–Crippen MR) is 141 cm³/mol. The number of para-hydroxylation sites is 2. The fourth-order valence-corrected chi connectivity index (χ4v) is 3.70. The number of rotatable bonds is 8. The van der Waals surface area contributed by atoms with Crippen LogP contribution in [-0.4, -0.2) is 15.3 Å². The van der Waals surface area contributed by atoms with Crippen LogP contribution in [0.15, 0.2) is 109 Å². The Bertz CT molecular complexity index is 1490. The zero-order valence-electron chi connectivity index (χ0n) is 19.8. The van der Waals surface area contributed by atoms with Crippen molar-refractivity contribution >= 4 is 23.3 Å². The molecule has 0 saturated heterocycles. The maximum atomic E-state index is 12.6. The summed E-state index contributed by atoms with van der Waals surface area (Å²) in [5.74, 6) is 1.78. The van der Waals surface area contributed by atoms with Crippen molar-refractivity contribution in [3.8, 4) is 17.2 Å². The lowest BCUT2D eigenvalue weighted by Gasteiger charge is -2.11. The van der Waals surface area contributed by atoms with E-state index in [1.54, 1.807) is 6.08 Å². The Balaban J connectivity index is 1.17. The highest BCUT2D eigenvalue weighted by molar-refractivity contribution is 6.02. The van der Waals surface area contributed by atoms with Gasteiger partial charge in [0.2, 0.25) is 5.91 Å². The molecule has 0 aliphatic rings. The fourth-order valence-electron chi connectivity index (χ4n) is 3.70. The molecule has 0 aliphatic carbocycles. The number of anilines is 1. The number of pyridine rings is 1. The molecule has 0 aliphatic heterocycles. The molecule has 178 valence electrons. The van der Waals surface area contributed by atoms with Gasteiger partial charge in [-0.2, -0.15) is 0 Å². The number of aryl methyl sites for hydroxylation is 1. The van der Waals surface area contributed by atoms with Crippen LogP contribution in [0.3, 0.4) is 0 Å². The minimum atomic E-state index is -0.248. The van der Waals surface area contributed by atoms with Crippen LogP contribution in [0.2, 0.25) is 0 Å². The summed E-state index contributed by atoms with van der Waals surface area (Å²) in [6.07, 6.45) is 7.16. The molecule has 36 heavy (non-hydrogen) atoms. The summed E-state index contributed by atoms with van der Waals surface area (Å²) in [4.78, 5) is 17.1. The molecule has 6 heteroatoms. The first-order chi connectivity index (χ1) is 17.6. The maximum absolute atomic E-state index is 12.6. The van der Waals surface area contributed by atoms with E-state index in [-0.39, 0.29) is 5.91 Å². The topological polar surface area (TPSA) is 64.9 Å². The monoisotopic (exact) mass is 475 g/mol. The lowest BCUT2D eigenvalue weighted by Crippen LogP contribution is -2.08. The van der Waals surface area contributed by atoms with Gasteiger partial charge in [-0.3, -0.25) is 4.79 Å². The number of hydrogen-bond donors (Lipinski definition) is 1. The van der Waals surface area contributed by atoms with E-state index in [9.17, 15) is 4.79 Å². The number of hydrogen-bond acceptors (Lipinski definition) is 4. The van der Waals surface area contributed by atoms with Crippen molar-refractivity contribution in [1.82, 2.24) is 9.38 Å². The molecule has 2 aromatic heterocycles. The molecule has 0 saturated carbocycles. The molecule has 1 N–H and O–H groups in total. The van der Waals surface area contributed by atoms with Gasteiger partial charge in [0.05, 0.1) is 11.4 Å². The van der Waals surface area contributed by atoms with Crippen molar-refractivity contribution in [1.29, 1.82) is 0 Å². The highest BCUT2D eigenvalue weighted by atomic mass is 16.5. The number of aromatic nitrogens is 2. The molecule has 2 heterocycles. The largest absolute Gasteiger partial charge is 0.487 e. The molecule has 6 nitrogen and oxygen atoms in total. The van der Waals surface area contributed by atoms with Crippen molar-refractivity contribution in [2.75, 3.05) is 5.32 Å². The van der Waals surface area contributed by atoms with Crippen LogP contribution in [0, 0.1) is 6.92 Å². The normalized spacial score (nSPS) is 11.0. The summed E-state index contributed by atoms with van der Waals surface area (Å²) < 4.78 is 13.8. The van der Waals surface area contributed by atoms with E-state index in [0.29, 0.717) is 18.0 Å². The number of fused-ring (bicyclic) bond motifs is 1. The Morgan fingerprint density at radius 2 is 1.78 bits per heavy atom. The molecular formula is C30H25N3O3. The van der Waals surface area contributed by atoms with Crippen molar-refractivity contribution in [3.05, 3.63) is 126 Å². The third kappa shape index (κ3) is 5.80.